The summed E-state index contributed by atoms with van der Waals surface area (Å²) in [5.41, 5.74) is 0.670. The highest BCUT2D eigenvalue weighted by Gasteiger charge is 2.36. The highest BCUT2D eigenvalue weighted by Crippen LogP contribution is 2.20. The molecule has 0 spiro atoms. The number of aryl methyl sites for hydroxylation is 1. The second kappa shape index (κ2) is 7.51. The molecular formula is C17H23FN2O4S. The fourth-order valence-electron chi connectivity index (χ4n) is 2.87. The van der Waals surface area contributed by atoms with Crippen LogP contribution in [0.1, 0.15) is 37.8 Å². The van der Waals surface area contributed by atoms with Gasteiger partial charge in [0.1, 0.15) is 11.9 Å². The normalized spacial score (nSPS) is 17.8. The van der Waals surface area contributed by atoms with E-state index in [0.29, 0.717) is 24.9 Å². The summed E-state index contributed by atoms with van der Waals surface area (Å²) in [7, 11) is -4.05. The van der Waals surface area contributed by atoms with Gasteiger partial charge in [0.2, 0.25) is 15.9 Å². The SMILES string of the molecule is Cc1ccc(CS(=O)(=O)NC(=O)[C@@H]2CCCN2C(=O)C(C)C)c(F)c1. The summed E-state index contributed by atoms with van der Waals surface area (Å²) in [6.07, 6.45) is 1.06. The monoisotopic (exact) mass is 370 g/mol. The van der Waals surface area contributed by atoms with Gasteiger partial charge in [-0.2, -0.15) is 0 Å². The number of halogens is 1. The molecule has 0 bridgehead atoms. The predicted octanol–water partition coefficient (Wildman–Crippen LogP) is 1.73. The van der Waals surface area contributed by atoms with Crippen LogP contribution in [0.3, 0.4) is 0 Å². The van der Waals surface area contributed by atoms with E-state index in [9.17, 15) is 22.4 Å². The molecule has 1 saturated heterocycles. The fourth-order valence-corrected chi connectivity index (χ4v) is 4.02. The maximum atomic E-state index is 13.8. The lowest BCUT2D eigenvalue weighted by Crippen LogP contribution is -2.48. The van der Waals surface area contributed by atoms with Gasteiger partial charge in [0, 0.05) is 18.0 Å². The molecule has 1 heterocycles. The second-order valence-corrected chi connectivity index (χ2v) is 8.39. The summed E-state index contributed by atoms with van der Waals surface area (Å²) in [6, 6.07) is 3.44. The number of likely N-dealkylation sites (tertiary alicyclic amines) is 1. The van der Waals surface area contributed by atoms with Crippen molar-refractivity contribution in [1.29, 1.82) is 0 Å². The smallest absolute Gasteiger partial charge is 0.256 e. The van der Waals surface area contributed by atoms with Crippen molar-refractivity contribution in [2.75, 3.05) is 6.54 Å². The Morgan fingerprint density at radius 3 is 2.64 bits per heavy atom. The van der Waals surface area contributed by atoms with Crippen LogP contribution >= 0.6 is 0 Å². The van der Waals surface area contributed by atoms with Crippen LogP contribution < -0.4 is 4.72 Å². The quantitative estimate of drug-likeness (QED) is 0.856. The molecule has 0 aromatic heterocycles. The number of hydrogen-bond acceptors (Lipinski definition) is 4. The number of carbonyl (C=O) groups is 2. The molecule has 1 atom stereocenters. The van der Waals surface area contributed by atoms with Gasteiger partial charge in [0.05, 0.1) is 5.75 Å². The van der Waals surface area contributed by atoms with Crippen molar-refractivity contribution in [2.24, 2.45) is 5.92 Å². The molecule has 25 heavy (non-hydrogen) atoms. The molecule has 0 unspecified atom stereocenters. The summed E-state index contributed by atoms with van der Waals surface area (Å²) < 4.78 is 40.3. The van der Waals surface area contributed by atoms with E-state index in [1.807, 2.05) is 4.72 Å². The van der Waals surface area contributed by atoms with Crippen LogP contribution in [0.2, 0.25) is 0 Å². The first-order valence-electron chi connectivity index (χ1n) is 8.20. The fraction of sp³-hybridized carbons (Fsp3) is 0.529. The molecule has 6 nitrogen and oxygen atoms in total. The molecule has 8 heteroatoms. The van der Waals surface area contributed by atoms with E-state index in [-0.39, 0.29) is 17.4 Å². The molecule has 1 aromatic rings. The summed E-state index contributed by atoms with van der Waals surface area (Å²) in [5, 5.41) is 0. The van der Waals surface area contributed by atoms with E-state index >= 15 is 0 Å². The van der Waals surface area contributed by atoms with Crippen LogP contribution in [0, 0.1) is 18.7 Å². The van der Waals surface area contributed by atoms with Gasteiger partial charge >= 0.3 is 0 Å². The third-order valence-corrected chi connectivity index (χ3v) is 5.35. The minimum absolute atomic E-state index is 0.00700. The first kappa shape index (κ1) is 19.4. The third kappa shape index (κ3) is 4.78. The molecule has 1 aliphatic heterocycles. The summed E-state index contributed by atoms with van der Waals surface area (Å²) >= 11 is 0. The highest BCUT2D eigenvalue weighted by atomic mass is 32.2. The van der Waals surface area contributed by atoms with E-state index in [4.69, 9.17) is 0 Å². The van der Waals surface area contributed by atoms with Gasteiger partial charge in [-0.25, -0.2) is 12.8 Å². The van der Waals surface area contributed by atoms with E-state index in [1.54, 1.807) is 26.8 Å². The molecular weight excluding hydrogens is 347 g/mol. The number of sulfonamides is 1. The maximum absolute atomic E-state index is 13.8. The first-order valence-corrected chi connectivity index (χ1v) is 9.86. The number of rotatable bonds is 5. The van der Waals surface area contributed by atoms with Gasteiger partial charge in [0.15, 0.2) is 0 Å². The zero-order valence-electron chi connectivity index (χ0n) is 14.6. The number of benzene rings is 1. The molecule has 1 aliphatic rings. The van der Waals surface area contributed by atoms with E-state index in [1.165, 1.54) is 17.0 Å². The minimum Gasteiger partial charge on any atom is -0.330 e. The standard InChI is InChI=1S/C17H23FN2O4S/c1-11(2)17(22)20-8-4-5-15(20)16(21)19-25(23,24)10-13-7-6-12(3)9-14(13)18/h6-7,9,11,15H,4-5,8,10H2,1-3H3,(H,19,21)/t15-/m0/s1. The van der Waals surface area contributed by atoms with Crippen molar-refractivity contribution >= 4 is 21.8 Å². The number of amides is 2. The Morgan fingerprint density at radius 2 is 2.04 bits per heavy atom. The van der Waals surface area contributed by atoms with Crippen LogP contribution in [-0.4, -0.2) is 37.7 Å². The van der Waals surface area contributed by atoms with Gasteiger partial charge in [-0.3, -0.25) is 14.3 Å². The molecule has 2 rings (SSSR count). The molecule has 1 fully saturated rings. The lowest BCUT2D eigenvalue weighted by molar-refractivity contribution is -0.140. The average molecular weight is 370 g/mol. The van der Waals surface area contributed by atoms with Gasteiger partial charge in [-0.1, -0.05) is 26.0 Å². The van der Waals surface area contributed by atoms with Crippen molar-refractivity contribution in [3.63, 3.8) is 0 Å². The predicted molar refractivity (Wildman–Crippen MR) is 91.5 cm³/mol. The Bertz CT molecular complexity index is 777. The Morgan fingerprint density at radius 1 is 1.36 bits per heavy atom. The number of hydrogen-bond donors (Lipinski definition) is 1. The largest absolute Gasteiger partial charge is 0.330 e. The summed E-state index contributed by atoms with van der Waals surface area (Å²) in [6.45, 7) is 5.59. The number of carbonyl (C=O) groups excluding carboxylic acids is 2. The van der Waals surface area contributed by atoms with Crippen molar-refractivity contribution < 1.29 is 22.4 Å². The van der Waals surface area contributed by atoms with Gasteiger partial charge in [-0.15, -0.1) is 0 Å². The molecule has 1 N–H and O–H groups in total. The third-order valence-electron chi connectivity index (χ3n) is 4.14. The number of nitrogens with zero attached hydrogens (tertiary/aromatic N) is 1. The topological polar surface area (TPSA) is 83.6 Å². The highest BCUT2D eigenvalue weighted by molar-refractivity contribution is 7.89. The average Bonchev–Trinajstić information content (AvgIpc) is 2.98. The van der Waals surface area contributed by atoms with Crippen LogP contribution in [0.5, 0.6) is 0 Å². The van der Waals surface area contributed by atoms with E-state index < -0.39 is 33.5 Å². The van der Waals surface area contributed by atoms with Crippen LogP contribution in [-0.2, 0) is 25.4 Å². The lowest BCUT2D eigenvalue weighted by atomic mass is 10.1. The van der Waals surface area contributed by atoms with Gasteiger partial charge < -0.3 is 4.90 Å². The van der Waals surface area contributed by atoms with E-state index in [2.05, 4.69) is 0 Å². The van der Waals surface area contributed by atoms with Crippen LogP contribution in [0.4, 0.5) is 4.39 Å². The zero-order chi connectivity index (χ0) is 18.8. The Kier molecular flexibility index (Phi) is 5.82. The Balaban J connectivity index is 2.09. The van der Waals surface area contributed by atoms with Crippen LogP contribution in [0.15, 0.2) is 18.2 Å². The maximum Gasteiger partial charge on any atom is 0.256 e. The Labute approximate surface area is 147 Å². The van der Waals surface area contributed by atoms with Crippen molar-refractivity contribution in [1.82, 2.24) is 9.62 Å². The minimum atomic E-state index is -4.05. The molecule has 138 valence electrons. The van der Waals surface area contributed by atoms with Gasteiger partial charge in [0.25, 0.3) is 5.91 Å². The lowest BCUT2D eigenvalue weighted by Gasteiger charge is -2.25. The molecule has 0 aliphatic carbocycles. The molecule has 2 amide bonds. The second-order valence-electron chi connectivity index (χ2n) is 6.66. The summed E-state index contributed by atoms with van der Waals surface area (Å²) in [5.74, 6) is -2.45. The van der Waals surface area contributed by atoms with E-state index in [0.717, 1.165) is 0 Å². The molecule has 0 saturated carbocycles. The molecule has 0 radical (unpaired) electrons. The molecule has 1 aromatic carbocycles. The Hall–Kier alpha value is -1.96. The van der Waals surface area contributed by atoms with Crippen molar-refractivity contribution in [3.05, 3.63) is 35.1 Å². The van der Waals surface area contributed by atoms with Crippen LogP contribution in [0.25, 0.3) is 0 Å². The van der Waals surface area contributed by atoms with Gasteiger partial charge in [-0.05, 0) is 31.4 Å². The first-order chi connectivity index (χ1) is 11.6. The zero-order valence-corrected chi connectivity index (χ0v) is 15.4. The van der Waals surface area contributed by atoms with Crippen molar-refractivity contribution in [3.8, 4) is 0 Å². The number of nitrogens with one attached hydrogen (secondary N) is 1. The summed E-state index contributed by atoms with van der Waals surface area (Å²) in [4.78, 5) is 25.9. The van der Waals surface area contributed by atoms with Crippen molar-refractivity contribution in [2.45, 2.75) is 45.4 Å².